The van der Waals surface area contributed by atoms with E-state index in [9.17, 15) is 18.0 Å². The first kappa shape index (κ1) is 10.1. The average Bonchev–Trinajstić information content (AvgIpc) is 2.39. The molecule has 0 aromatic heterocycles. The zero-order chi connectivity index (χ0) is 11.2. The van der Waals surface area contributed by atoms with Crippen LogP contribution in [0.25, 0.3) is 0 Å². The van der Waals surface area contributed by atoms with Gasteiger partial charge in [-0.3, -0.25) is 9.59 Å². The number of nitrogens with zero attached hydrogens (tertiary/aromatic N) is 1. The van der Waals surface area contributed by atoms with E-state index in [2.05, 4.69) is 0 Å². The summed E-state index contributed by atoms with van der Waals surface area (Å²) in [6.45, 7) is 0. The third-order valence-electron chi connectivity index (χ3n) is 1.97. The highest BCUT2D eigenvalue weighted by molar-refractivity contribution is 8.12. The first-order valence-electron chi connectivity index (χ1n) is 3.85. The fraction of sp³-hybridized carbons (Fsp3) is 0. The molecule has 0 aliphatic carbocycles. The Morgan fingerprint density at radius 2 is 1.40 bits per heavy atom. The number of fused-ring (bicyclic) bond motifs is 1. The molecule has 7 heteroatoms. The third kappa shape index (κ3) is 1.42. The third-order valence-corrected chi connectivity index (χ3v) is 3.16. The Hall–Kier alpha value is -1.40. The highest BCUT2D eigenvalue weighted by Crippen LogP contribution is 2.26. The molecule has 2 rings (SSSR count). The molecule has 2 amide bonds. The maximum absolute atomic E-state index is 11.5. The largest absolute Gasteiger partial charge is 0.331 e. The predicted molar refractivity (Wildman–Crippen MR) is 51.7 cm³/mol. The van der Waals surface area contributed by atoms with Gasteiger partial charge in [-0.05, 0) is 12.1 Å². The van der Waals surface area contributed by atoms with Gasteiger partial charge in [-0.2, -0.15) is 12.7 Å². The second kappa shape index (κ2) is 3.04. The van der Waals surface area contributed by atoms with E-state index in [4.69, 9.17) is 10.7 Å². The summed E-state index contributed by atoms with van der Waals surface area (Å²) in [5, 5.41) is 0. The van der Waals surface area contributed by atoms with Gasteiger partial charge in [0.25, 0.3) is 11.8 Å². The van der Waals surface area contributed by atoms with Crippen molar-refractivity contribution in [2.24, 2.45) is 0 Å². The predicted octanol–water partition coefficient (Wildman–Crippen LogP) is 0.766. The maximum Gasteiger partial charge on any atom is 0.331 e. The fourth-order valence-corrected chi connectivity index (χ4v) is 2.33. The topological polar surface area (TPSA) is 71.5 Å². The molecule has 0 N–H and O–H groups in total. The lowest BCUT2D eigenvalue weighted by Gasteiger charge is -2.06. The number of carbonyl (C=O) groups excluding carboxylic acids is 2. The minimum Gasteiger partial charge on any atom is -0.267 e. The van der Waals surface area contributed by atoms with Crippen molar-refractivity contribution < 1.29 is 18.0 Å². The molecular formula is C8H4ClNO4S. The zero-order valence-corrected chi connectivity index (χ0v) is 8.75. The van der Waals surface area contributed by atoms with Gasteiger partial charge in [-0.15, -0.1) is 0 Å². The second-order valence-corrected chi connectivity index (χ2v) is 5.22. The number of amides is 2. The number of hydrogen-bond acceptors (Lipinski definition) is 4. The molecule has 1 aliphatic rings. The molecular weight excluding hydrogens is 242 g/mol. The minimum absolute atomic E-state index is 0.0479. The van der Waals surface area contributed by atoms with E-state index in [1.807, 2.05) is 0 Å². The maximum atomic E-state index is 11.5. The average molecular weight is 246 g/mol. The second-order valence-electron chi connectivity index (χ2n) is 2.86. The van der Waals surface area contributed by atoms with Gasteiger partial charge in [0, 0.05) is 10.7 Å². The molecule has 0 spiro atoms. The first-order chi connectivity index (χ1) is 6.93. The van der Waals surface area contributed by atoms with Crippen LogP contribution in [0.3, 0.4) is 0 Å². The molecule has 0 saturated heterocycles. The summed E-state index contributed by atoms with van der Waals surface area (Å²) in [5.74, 6) is -1.82. The fourth-order valence-electron chi connectivity index (χ4n) is 1.37. The molecule has 0 unspecified atom stereocenters. The van der Waals surface area contributed by atoms with Gasteiger partial charge in [0.1, 0.15) is 0 Å². The van der Waals surface area contributed by atoms with E-state index in [1.54, 1.807) is 0 Å². The van der Waals surface area contributed by atoms with Crippen molar-refractivity contribution in [3.05, 3.63) is 35.4 Å². The van der Waals surface area contributed by atoms with Gasteiger partial charge in [0.2, 0.25) is 0 Å². The molecule has 0 atom stereocenters. The van der Waals surface area contributed by atoms with E-state index >= 15 is 0 Å². The molecule has 78 valence electrons. The monoisotopic (exact) mass is 245 g/mol. The van der Waals surface area contributed by atoms with Crippen LogP contribution in [0.1, 0.15) is 20.7 Å². The van der Waals surface area contributed by atoms with Crippen molar-refractivity contribution in [2.45, 2.75) is 0 Å². The van der Waals surface area contributed by atoms with Crippen molar-refractivity contribution in [1.29, 1.82) is 0 Å². The SMILES string of the molecule is O=C1c2ccccc2C(=O)N1S(=O)(=O)Cl. The Morgan fingerprint density at radius 3 is 1.73 bits per heavy atom. The van der Waals surface area contributed by atoms with Gasteiger partial charge in [-0.25, -0.2) is 0 Å². The van der Waals surface area contributed by atoms with E-state index in [1.165, 1.54) is 24.3 Å². The molecule has 1 aliphatic heterocycles. The molecule has 0 fully saturated rings. The summed E-state index contributed by atoms with van der Waals surface area (Å²) in [5.41, 5.74) is 0.0958. The Kier molecular flexibility index (Phi) is 2.06. The van der Waals surface area contributed by atoms with Gasteiger partial charge in [0.05, 0.1) is 11.1 Å². The van der Waals surface area contributed by atoms with Crippen LogP contribution in [0, 0.1) is 0 Å². The lowest BCUT2D eigenvalue weighted by Crippen LogP contribution is -2.32. The first-order valence-corrected chi connectivity index (χ1v) is 6.12. The number of benzene rings is 1. The van der Waals surface area contributed by atoms with Crippen LogP contribution >= 0.6 is 10.7 Å². The normalized spacial score (nSPS) is 15.7. The lowest BCUT2D eigenvalue weighted by atomic mass is 10.1. The molecule has 15 heavy (non-hydrogen) atoms. The molecule has 0 radical (unpaired) electrons. The van der Waals surface area contributed by atoms with E-state index in [-0.39, 0.29) is 15.4 Å². The smallest absolute Gasteiger partial charge is 0.267 e. The number of halogens is 1. The van der Waals surface area contributed by atoms with Crippen molar-refractivity contribution in [2.75, 3.05) is 0 Å². The molecule has 1 heterocycles. The Balaban J connectivity index is 2.66. The van der Waals surface area contributed by atoms with Crippen LogP contribution in [0.5, 0.6) is 0 Å². The van der Waals surface area contributed by atoms with Gasteiger partial charge in [0.15, 0.2) is 0 Å². The van der Waals surface area contributed by atoms with Gasteiger partial charge < -0.3 is 0 Å². The van der Waals surface area contributed by atoms with E-state index in [0.29, 0.717) is 0 Å². The van der Waals surface area contributed by atoms with Crippen LogP contribution in [0.15, 0.2) is 24.3 Å². The Morgan fingerprint density at radius 1 is 1.00 bits per heavy atom. The van der Waals surface area contributed by atoms with Crippen molar-refractivity contribution in [3.63, 3.8) is 0 Å². The van der Waals surface area contributed by atoms with Crippen LogP contribution in [0.2, 0.25) is 0 Å². The summed E-state index contributed by atoms with van der Waals surface area (Å²) in [4.78, 5) is 23.0. The minimum atomic E-state index is -4.36. The summed E-state index contributed by atoms with van der Waals surface area (Å²) in [6.07, 6.45) is 0. The number of rotatable bonds is 1. The van der Waals surface area contributed by atoms with Crippen molar-refractivity contribution in [3.8, 4) is 0 Å². The number of hydrogen-bond donors (Lipinski definition) is 0. The van der Waals surface area contributed by atoms with Gasteiger partial charge in [-0.1, -0.05) is 12.1 Å². The summed E-state index contributed by atoms with van der Waals surface area (Å²) in [6, 6.07) is 5.82. The van der Waals surface area contributed by atoms with E-state index < -0.39 is 21.1 Å². The standard InChI is InChI=1S/C8H4ClNO4S/c9-15(13,14)10-7(11)5-3-1-2-4-6(5)8(10)12/h1-4H. The summed E-state index contributed by atoms with van der Waals surface area (Å²) >= 11 is 0. The van der Waals surface area contributed by atoms with Crippen LogP contribution in [0.4, 0.5) is 0 Å². The lowest BCUT2D eigenvalue weighted by molar-refractivity contribution is 0.0768. The van der Waals surface area contributed by atoms with Crippen LogP contribution < -0.4 is 0 Å². The van der Waals surface area contributed by atoms with Crippen molar-refractivity contribution >= 4 is 31.7 Å². The number of carbonyl (C=O) groups is 2. The number of imide groups is 1. The van der Waals surface area contributed by atoms with E-state index in [0.717, 1.165) is 0 Å². The Bertz CT molecular complexity index is 531. The van der Waals surface area contributed by atoms with Crippen molar-refractivity contribution in [1.82, 2.24) is 4.31 Å². The molecule has 1 aromatic rings. The molecule has 0 saturated carbocycles. The highest BCUT2D eigenvalue weighted by Gasteiger charge is 2.42. The van der Waals surface area contributed by atoms with Crippen LogP contribution in [-0.4, -0.2) is 24.5 Å². The van der Waals surface area contributed by atoms with Gasteiger partial charge >= 0.3 is 9.24 Å². The molecule has 5 nitrogen and oxygen atoms in total. The molecule has 1 aromatic carbocycles. The zero-order valence-electron chi connectivity index (χ0n) is 7.18. The van der Waals surface area contributed by atoms with Crippen LogP contribution in [-0.2, 0) is 9.24 Å². The summed E-state index contributed by atoms with van der Waals surface area (Å²) in [7, 11) is 0.614. The quantitative estimate of drug-likeness (QED) is 0.541. The molecule has 0 bridgehead atoms. The summed E-state index contributed by atoms with van der Waals surface area (Å²) < 4.78 is 22.0. The highest BCUT2D eigenvalue weighted by atomic mass is 35.7. The Labute approximate surface area is 89.8 Å².